The molecule has 2 aromatic carbocycles. The molecule has 2 heterocycles. The number of ether oxygens (including phenoxy) is 3. The Labute approximate surface area is 208 Å². The molecule has 0 spiro atoms. The van der Waals surface area contributed by atoms with E-state index in [2.05, 4.69) is 4.90 Å². The number of imide groups is 1. The molecule has 2 aliphatic rings. The van der Waals surface area contributed by atoms with Gasteiger partial charge in [-0.05, 0) is 47.7 Å². The summed E-state index contributed by atoms with van der Waals surface area (Å²) in [6.07, 6.45) is 1.58. The van der Waals surface area contributed by atoms with Gasteiger partial charge in [-0.15, -0.1) is 0 Å². The molecule has 3 amide bonds. The maximum absolute atomic E-state index is 13.0. The minimum atomic E-state index is -0.495. The largest absolute Gasteiger partial charge is 0.493 e. The Bertz CT molecular complexity index is 1120. The number of nitrogens with zero attached hydrogens (tertiary/aromatic N) is 3. The number of hydrogen-bond donors (Lipinski definition) is 0. The zero-order valence-electron chi connectivity index (χ0n) is 19.9. The number of para-hydroxylation sites is 1. The third kappa shape index (κ3) is 5.22. The number of amides is 3. The monoisotopic (exact) mass is 497 g/mol. The van der Waals surface area contributed by atoms with Gasteiger partial charge in [0.2, 0.25) is 11.7 Å². The molecule has 0 radical (unpaired) electrons. The molecule has 0 unspecified atom stereocenters. The van der Waals surface area contributed by atoms with E-state index >= 15 is 0 Å². The number of carbonyl (C=O) groups is 3. The Kier molecular flexibility index (Phi) is 7.50. The fraction of sp³-hybridized carbons (Fsp3) is 0.320. The topological polar surface area (TPSA) is 88.6 Å². The Morgan fingerprint density at radius 1 is 0.943 bits per heavy atom. The molecule has 2 aliphatic heterocycles. The number of hydrogen-bond acceptors (Lipinski definition) is 8. The van der Waals surface area contributed by atoms with Crippen LogP contribution in [0.4, 0.5) is 10.5 Å². The number of thioether (sulfide) groups is 1. The van der Waals surface area contributed by atoms with Crippen molar-refractivity contribution < 1.29 is 28.6 Å². The van der Waals surface area contributed by atoms with Crippen molar-refractivity contribution in [3.05, 3.63) is 52.9 Å². The molecule has 35 heavy (non-hydrogen) atoms. The van der Waals surface area contributed by atoms with Crippen LogP contribution in [-0.2, 0) is 9.59 Å². The first kappa shape index (κ1) is 24.5. The van der Waals surface area contributed by atoms with Crippen LogP contribution in [0.1, 0.15) is 5.56 Å². The zero-order chi connectivity index (χ0) is 24.9. The van der Waals surface area contributed by atoms with E-state index in [1.54, 1.807) is 23.1 Å². The summed E-state index contributed by atoms with van der Waals surface area (Å²) in [5, 5.41) is -0.468. The summed E-state index contributed by atoms with van der Waals surface area (Å²) in [6.45, 7) is 2.18. The van der Waals surface area contributed by atoms with Crippen molar-refractivity contribution in [2.45, 2.75) is 0 Å². The summed E-state index contributed by atoms with van der Waals surface area (Å²) in [4.78, 5) is 43.5. The molecule has 0 N–H and O–H groups in total. The first-order valence-electron chi connectivity index (χ1n) is 11.1. The molecule has 2 saturated heterocycles. The van der Waals surface area contributed by atoms with Crippen LogP contribution in [-0.4, -0.2) is 80.9 Å². The van der Waals surface area contributed by atoms with Crippen molar-refractivity contribution in [3.8, 4) is 17.2 Å². The maximum atomic E-state index is 13.0. The average Bonchev–Trinajstić information content (AvgIpc) is 3.15. The predicted molar refractivity (Wildman–Crippen MR) is 134 cm³/mol. The fourth-order valence-electron chi connectivity index (χ4n) is 4.06. The van der Waals surface area contributed by atoms with Gasteiger partial charge in [-0.3, -0.25) is 19.3 Å². The van der Waals surface area contributed by atoms with Gasteiger partial charge in [-0.1, -0.05) is 18.2 Å². The first-order valence-corrected chi connectivity index (χ1v) is 11.9. The molecule has 2 aromatic rings. The lowest BCUT2D eigenvalue weighted by Gasteiger charge is -2.36. The van der Waals surface area contributed by atoms with Crippen molar-refractivity contribution in [1.82, 2.24) is 9.80 Å². The summed E-state index contributed by atoms with van der Waals surface area (Å²) in [5.41, 5.74) is 1.72. The van der Waals surface area contributed by atoms with Gasteiger partial charge in [0.15, 0.2) is 11.5 Å². The van der Waals surface area contributed by atoms with E-state index < -0.39 is 11.1 Å². The molecule has 2 fully saturated rings. The fourth-order valence-corrected chi connectivity index (χ4v) is 4.90. The lowest BCUT2D eigenvalue weighted by Crippen LogP contribution is -2.51. The second kappa shape index (κ2) is 10.7. The molecule has 184 valence electrons. The third-order valence-electron chi connectivity index (χ3n) is 5.91. The van der Waals surface area contributed by atoms with Crippen molar-refractivity contribution in [3.63, 3.8) is 0 Å². The normalized spacial score (nSPS) is 17.2. The van der Waals surface area contributed by atoms with E-state index in [0.29, 0.717) is 49.0 Å². The summed E-state index contributed by atoms with van der Waals surface area (Å²) in [6, 6.07) is 13.4. The highest BCUT2D eigenvalue weighted by atomic mass is 32.2. The highest BCUT2D eigenvalue weighted by Crippen LogP contribution is 2.40. The number of methoxy groups -OCH3 is 3. The molecule has 0 aromatic heterocycles. The van der Waals surface area contributed by atoms with Crippen LogP contribution in [0.25, 0.3) is 6.08 Å². The lowest BCUT2D eigenvalue weighted by atomic mass is 10.1. The van der Waals surface area contributed by atoms with Crippen LogP contribution in [0.15, 0.2) is 47.4 Å². The SMILES string of the molecule is COc1cc(/C=C2\SC(=O)N(CC(=O)N3CCN(c4ccccc4)CC3)C2=O)cc(OC)c1OC. The second-order valence-corrected chi connectivity index (χ2v) is 8.92. The van der Waals surface area contributed by atoms with Crippen LogP contribution < -0.4 is 19.1 Å². The van der Waals surface area contributed by atoms with Gasteiger partial charge < -0.3 is 24.0 Å². The van der Waals surface area contributed by atoms with Crippen molar-refractivity contribution in [1.29, 1.82) is 0 Å². The Morgan fingerprint density at radius 2 is 1.57 bits per heavy atom. The highest BCUT2D eigenvalue weighted by Gasteiger charge is 2.37. The predicted octanol–water partition coefficient (Wildman–Crippen LogP) is 3.10. The molecule has 10 heteroatoms. The number of piperazine rings is 1. The summed E-state index contributed by atoms with van der Waals surface area (Å²) in [5.74, 6) is 0.557. The van der Waals surface area contributed by atoms with Gasteiger partial charge in [0.1, 0.15) is 6.54 Å². The number of anilines is 1. The lowest BCUT2D eigenvalue weighted by molar-refractivity contribution is -0.136. The molecule has 9 nitrogen and oxygen atoms in total. The van der Waals surface area contributed by atoms with Gasteiger partial charge in [-0.2, -0.15) is 0 Å². The highest BCUT2D eigenvalue weighted by molar-refractivity contribution is 8.18. The minimum absolute atomic E-state index is 0.228. The summed E-state index contributed by atoms with van der Waals surface area (Å²) >= 11 is 0.806. The maximum Gasteiger partial charge on any atom is 0.294 e. The number of carbonyl (C=O) groups excluding carboxylic acids is 3. The van der Waals surface area contributed by atoms with E-state index in [0.717, 1.165) is 22.3 Å². The van der Waals surface area contributed by atoms with Gasteiger partial charge >= 0.3 is 0 Å². The minimum Gasteiger partial charge on any atom is -0.493 e. The molecule has 0 aliphatic carbocycles. The quantitative estimate of drug-likeness (QED) is 0.540. The van der Waals surface area contributed by atoms with Crippen molar-refractivity contribution in [2.24, 2.45) is 0 Å². The van der Waals surface area contributed by atoms with E-state index in [9.17, 15) is 14.4 Å². The average molecular weight is 498 g/mol. The van der Waals surface area contributed by atoms with Crippen molar-refractivity contribution >= 4 is 40.6 Å². The van der Waals surface area contributed by atoms with E-state index in [1.165, 1.54) is 21.3 Å². The van der Waals surface area contributed by atoms with Gasteiger partial charge in [0.25, 0.3) is 11.1 Å². The van der Waals surface area contributed by atoms with Crippen molar-refractivity contribution in [2.75, 3.05) is 59.0 Å². The third-order valence-corrected chi connectivity index (χ3v) is 6.81. The van der Waals surface area contributed by atoms with E-state index in [-0.39, 0.29) is 17.4 Å². The zero-order valence-corrected chi connectivity index (χ0v) is 20.7. The van der Waals surface area contributed by atoms with E-state index in [1.807, 2.05) is 30.3 Å². The van der Waals surface area contributed by atoms with Gasteiger partial charge in [-0.25, -0.2) is 0 Å². The standard InChI is InChI=1S/C25H27N3O6S/c1-32-19-13-17(14-20(33-2)23(19)34-3)15-21-24(30)28(25(31)35-21)16-22(29)27-11-9-26(10-12-27)18-7-5-4-6-8-18/h4-8,13-15H,9-12,16H2,1-3H3/b21-15-. The Hall–Kier alpha value is -3.66. The van der Waals surface area contributed by atoms with Crippen LogP contribution >= 0.6 is 11.8 Å². The smallest absolute Gasteiger partial charge is 0.294 e. The Balaban J connectivity index is 1.42. The Morgan fingerprint density at radius 3 is 2.14 bits per heavy atom. The summed E-state index contributed by atoms with van der Waals surface area (Å²) in [7, 11) is 4.50. The molecular weight excluding hydrogens is 470 g/mol. The van der Waals surface area contributed by atoms with Crippen LogP contribution in [0, 0.1) is 0 Å². The van der Waals surface area contributed by atoms with Crippen LogP contribution in [0.5, 0.6) is 17.2 Å². The van der Waals surface area contributed by atoms with E-state index in [4.69, 9.17) is 14.2 Å². The summed E-state index contributed by atoms with van der Waals surface area (Å²) < 4.78 is 16.0. The first-order chi connectivity index (χ1) is 16.9. The molecule has 4 rings (SSSR count). The molecule has 0 saturated carbocycles. The van der Waals surface area contributed by atoms with Gasteiger partial charge in [0, 0.05) is 31.9 Å². The second-order valence-electron chi connectivity index (χ2n) is 7.93. The number of rotatable bonds is 7. The molecule has 0 atom stereocenters. The van der Waals surface area contributed by atoms with Crippen LogP contribution in [0.3, 0.4) is 0 Å². The molecule has 0 bridgehead atoms. The van der Waals surface area contributed by atoms with Crippen LogP contribution in [0.2, 0.25) is 0 Å². The van der Waals surface area contributed by atoms with Gasteiger partial charge in [0.05, 0.1) is 26.2 Å². The molecular formula is C25H27N3O6S. The number of benzene rings is 2.